The molecule has 5 nitrogen and oxygen atoms in total. The van der Waals surface area contributed by atoms with Crippen LogP contribution in [0.2, 0.25) is 0 Å². The van der Waals surface area contributed by atoms with Crippen molar-refractivity contribution in [2.45, 2.75) is 38.4 Å². The van der Waals surface area contributed by atoms with Gasteiger partial charge in [0.15, 0.2) is 0 Å². The van der Waals surface area contributed by atoms with E-state index in [4.69, 9.17) is 4.74 Å². The van der Waals surface area contributed by atoms with Crippen LogP contribution in [0.15, 0.2) is 66.9 Å². The average molecular weight is 418 g/mol. The van der Waals surface area contributed by atoms with Crippen LogP contribution >= 0.6 is 0 Å². The van der Waals surface area contributed by atoms with E-state index in [9.17, 15) is 4.79 Å². The molecule has 1 amide bonds. The molecule has 5 rings (SSSR count). The number of anilines is 2. The third-order valence-electron chi connectivity index (χ3n) is 6.89. The molecule has 3 aliphatic heterocycles. The first-order valence-electron chi connectivity index (χ1n) is 11.4. The molecule has 1 N–H and O–H groups in total. The Morgan fingerprint density at radius 1 is 1.03 bits per heavy atom. The number of carbonyl (C=O) groups is 1. The lowest BCUT2D eigenvalue weighted by Gasteiger charge is -2.34. The topological polar surface area (TPSA) is 44.8 Å². The van der Waals surface area contributed by atoms with Crippen molar-refractivity contribution >= 4 is 17.3 Å². The van der Waals surface area contributed by atoms with Gasteiger partial charge in [-0.3, -0.25) is 9.69 Å². The predicted octanol–water partition coefficient (Wildman–Crippen LogP) is 4.10. The van der Waals surface area contributed by atoms with E-state index in [0.29, 0.717) is 18.4 Å². The maximum Gasteiger partial charge on any atom is 0.233 e. The smallest absolute Gasteiger partial charge is 0.233 e. The summed E-state index contributed by atoms with van der Waals surface area (Å²) < 4.78 is 5.92. The van der Waals surface area contributed by atoms with Gasteiger partial charge in [-0.15, -0.1) is 0 Å². The fourth-order valence-corrected chi connectivity index (χ4v) is 5.08. The lowest BCUT2D eigenvalue weighted by Crippen LogP contribution is -2.41. The van der Waals surface area contributed by atoms with E-state index in [2.05, 4.69) is 34.5 Å². The van der Waals surface area contributed by atoms with Gasteiger partial charge in [0, 0.05) is 42.6 Å². The SMILES string of the molecule is O=C1CC(OCc2ccccc2)C=CN1c1ccc(N2CCC3(CCCNC3)C2)cc1. The van der Waals surface area contributed by atoms with Gasteiger partial charge in [0.1, 0.15) is 0 Å². The Balaban J connectivity index is 1.19. The van der Waals surface area contributed by atoms with E-state index < -0.39 is 0 Å². The van der Waals surface area contributed by atoms with Crippen LogP contribution in [0.3, 0.4) is 0 Å². The lowest BCUT2D eigenvalue weighted by molar-refractivity contribution is -0.120. The molecule has 0 aliphatic carbocycles. The molecule has 2 unspecified atom stereocenters. The maximum absolute atomic E-state index is 12.7. The number of carbonyl (C=O) groups excluding carboxylic acids is 1. The Bertz CT molecular complexity index is 919. The first-order chi connectivity index (χ1) is 15.2. The Kier molecular flexibility index (Phi) is 5.79. The average Bonchev–Trinajstić information content (AvgIpc) is 3.22. The summed E-state index contributed by atoms with van der Waals surface area (Å²) in [7, 11) is 0. The molecular formula is C26H31N3O2. The van der Waals surface area contributed by atoms with Crippen molar-refractivity contribution in [2.24, 2.45) is 5.41 Å². The highest BCUT2D eigenvalue weighted by Crippen LogP contribution is 2.38. The Morgan fingerprint density at radius 3 is 2.58 bits per heavy atom. The van der Waals surface area contributed by atoms with Crippen molar-refractivity contribution in [1.29, 1.82) is 0 Å². The van der Waals surface area contributed by atoms with Gasteiger partial charge >= 0.3 is 0 Å². The molecule has 1 spiro atoms. The number of hydrogen-bond donors (Lipinski definition) is 1. The van der Waals surface area contributed by atoms with E-state index in [-0.39, 0.29) is 12.0 Å². The molecule has 162 valence electrons. The molecule has 2 saturated heterocycles. The molecule has 3 heterocycles. The fourth-order valence-electron chi connectivity index (χ4n) is 5.08. The van der Waals surface area contributed by atoms with Crippen LogP contribution in [0.25, 0.3) is 0 Å². The molecule has 0 aromatic heterocycles. The van der Waals surface area contributed by atoms with Crippen molar-refractivity contribution in [1.82, 2.24) is 5.32 Å². The van der Waals surface area contributed by atoms with Gasteiger partial charge < -0.3 is 15.0 Å². The molecular weight excluding hydrogens is 386 g/mol. The first-order valence-corrected chi connectivity index (χ1v) is 11.4. The van der Waals surface area contributed by atoms with Gasteiger partial charge in [-0.1, -0.05) is 30.3 Å². The minimum atomic E-state index is -0.173. The van der Waals surface area contributed by atoms with Crippen molar-refractivity contribution in [3.63, 3.8) is 0 Å². The zero-order valence-corrected chi connectivity index (χ0v) is 18.0. The molecule has 0 bridgehead atoms. The number of piperidine rings is 1. The van der Waals surface area contributed by atoms with E-state index in [0.717, 1.165) is 37.4 Å². The van der Waals surface area contributed by atoms with Crippen molar-refractivity contribution in [3.8, 4) is 0 Å². The van der Waals surface area contributed by atoms with E-state index in [1.807, 2.05) is 42.6 Å². The van der Waals surface area contributed by atoms with Crippen molar-refractivity contribution in [3.05, 3.63) is 72.4 Å². The number of ether oxygens (including phenoxy) is 1. The number of benzene rings is 2. The summed E-state index contributed by atoms with van der Waals surface area (Å²) in [5.74, 6) is 0.0710. The van der Waals surface area contributed by atoms with Gasteiger partial charge in [0.25, 0.3) is 0 Å². The molecule has 0 radical (unpaired) electrons. The largest absolute Gasteiger partial charge is 0.371 e. The van der Waals surface area contributed by atoms with Crippen LogP contribution in [0.4, 0.5) is 11.4 Å². The molecule has 5 heteroatoms. The Labute approximate surface area is 184 Å². The van der Waals surface area contributed by atoms with Crippen LogP contribution in [-0.4, -0.2) is 38.2 Å². The summed E-state index contributed by atoms with van der Waals surface area (Å²) in [6, 6.07) is 18.5. The van der Waals surface area contributed by atoms with Gasteiger partial charge in [0.05, 0.1) is 19.1 Å². The zero-order valence-electron chi connectivity index (χ0n) is 18.0. The van der Waals surface area contributed by atoms with Crippen LogP contribution in [0.1, 0.15) is 31.2 Å². The van der Waals surface area contributed by atoms with Gasteiger partial charge in [-0.2, -0.15) is 0 Å². The van der Waals surface area contributed by atoms with Gasteiger partial charge in [-0.25, -0.2) is 0 Å². The summed E-state index contributed by atoms with van der Waals surface area (Å²) in [5.41, 5.74) is 3.73. The quantitative estimate of drug-likeness (QED) is 0.796. The normalized spacial score (nSPS) is 26.1. The van der Waals surface area contributed by atoms with Gasteiger partial charge in [-0.05, 0) is 61.7 Å². The van der Waals surface area contributed by atoms with E-state index >= 15 is 0 Å². The summed E-state index contributed by atoms with van der Waals surface area (Å²) in [4.78, 5) is 17.0. The lowest BCUT2D eigenvalue weighted by atomic mass is 9.80. The van der Waals surface area contributed by atoms with E-state index in [1.54, 1.807) is 4.90 Å². The molecule has 2 atom stereocenters. The second kappa shape index (κ2) is 8.85. The summed E-state index contributed by atoms with van der Waals surface area (Å²) >= 11 is 0. The van der Waals surface area contributed by atoms with Crippen molar-refractivity contribution < 1.29 is 9.53 Å². The van der Waals surface area contributed by atoms with E-state index in [1.165, 1.54) is 24.9 Å². The minimum Gasteiger partial charge on any atom is -0.371 e. The molecule has 2 fully saturated rings. The molecule has 2 aromatic carbocycles. The Hall–Kier alpha value is -2.63. The third kappa shape index (κ3) is 4.53. The van der Waals surface area contributed by atoms with Crippen LogP contribution in [0, 0.1) is 5.41 Å². The fraction of sp³-hybridized carbons (Fsp3) is 0.423. The highest BCUT2D eigenvalue weighted by molar-refractivity contribution is 5.96. The highest BCUT2D eigenvalue weighted by atomic mass is 16.5. The maximum atomic E-state index is 12.7. The summed E-state index contributed by atoms with van der Waals surface area (Å²) in [5, 5.41) is 3.58. The summed E-state index contributed by atoms with van der Waals surface area (Å²) in [6.45, 7) is 5.06. The molecule has 3 aliphatic rings. The number of amides is 1. The molecule has 31 heavy (non-hydrogen) atoms. The third-order valence-corrected chi connectivity index (χ3v) is 6.89. The number of rotatable bonds is 5. The summed E-state index contributed by atoms with van der Waals surface area (Å²) in [6.07, 6.45) is 7.91. The second-order valence-corrected chi connectivity index (χ2v) is 9.11. The zero-order chi connectivity index (χ0) is 21.1. The minimum absolute atomic E-state index is 0.0710. The molecule has 2 aromatic rings. The van der Waals surface area contributed by atoms with Crippen LogP contribution < -0.4 is 15.1 Å². The first kappa shape index (κ1) is 20.3. The molecule has 0 saturated carbocycles. The van der Waals surface area contributed by atoms with Crippen LogP contribution in [0.5, 0.6) is 0 Å². The highest BCUT2D eigenvalue weighted by Gasteiger charge is 2.39. The number of nitrogens with one attached hydrogen (secondary N) is 1. The second-order valence-electron chi connectivity index (χ2n) is 9.11. The number of hydrogen-bond acceptors (Lipinski definition) is 4. The monoisotopic (exact) mass is 417 g/mol. The van der Waals surface area contributed by atoms with Gasteiger partial charge in [0.2, 0.25) is 5.91 Å². The predicted molar refractivity (Wildman–Crippen MR) is 124 cm³/mol. The Morgan fingerprint density at radius 2 is 1.84 bits per heavy atom. The standard InChI is InChI=1S/C26H31N3O2/c30-25-17-24(31-18-21-5-2-1-3-6-21)11-15-29(25)23-9-7-22(8-10-23)28-16-13-26(20-28)12-4-14-27-19-26/h1-3,5-11,15,24,27H,4,12-14,16-20H2. The number of nitrogens with zero attached hydrogens (tertiary/aromatic N) is 2. The van der Waals surface area contributed by atoms with Crippen LogP contribution in [-0.2, 0) is 16.1 Å². The van der Waals surface area contributed by atoms with Crippen molar-refractivity contribution in [2.75, 3.05) is 36.0 Å².